The molecule has 15 nitrogen and oxygen atoms in total. The molecule has 0 bridgehead atoms. The van der Waals surface area contributed by atoms with Crippen molar-refractivity contribution in [1.82, 2.24) is 40.4 Å². The van der Waals surface area contributed by atoms with Crippen LogP contribution in [0.2, 0.25) is 0 Å². The number of nitriles is 1. The van der Waals surface area contributed by atoms with E-state index < -0.39 is 29.7 Å². The van der Waals surface area contributed by atoms with Gasteiger partial charge in [0.1, 0.15) is 23.7 Å². The summed E-state index contributed by atoms with van der Waals surface area (Å²) in [6.07, 6.45) is 11.1. The SMILES string of the molecule is COC(=O)NC(C(=O)N1CCCC1c1ncc(C2(c3cnc(C4CCCN4C(=O)C(NC(=O)O)C(C)C)[nH]3)C=CC(c3ccccc3C#N)=CC2)[nH]1)C(C)C. The molecule has 0 spiro atoms. The van der Waals surface area contributed by atoms with Crippen molar-refractivity contribution >= 4 is 29.6 Å². The van der Waals surface area contributed by atoms with Crippen molar-refractivity contribution in [3.05, 3.63) is 89.1 Å². The number of ether oxygens (including phenoxy) is 1. The van der Waals surface area contributed by atoms with Crippen LogP contribution < -0.4 is 10.6 Å². The van der Waals surface area contributed by atoms with Crippen LogP contribution in [-0.4, -0.2) is 91.1 Å². The molecule has 55 heavy (non-hydrogen) atoms. The summed E-state index contributed by atoms with van der Waals surface area (Å²) >= 11 is 0. The lowest BCUT2D eigenvalue weighted by atomic mass is 9.74. The molecule has 3 aromatic rings. The van der Waals surface area contributed by atoms with E-state index in [4.69, 9.17) is 14.7 Å². The molecule has 2 aromatic heterocycles. The second-order valence-corrected chi connectivity index (χ2v) is 15.1. The Labute approximate surface area is 320 Å². The fourth-order valence-corrected chi connectivity index (χ4v) is 8.01. The third-order valence-corrected chi connectivity index (χ3v) is 11.0. The first-order chi connectivity index (χ1) is 26.4. The quantitative estimate of drug-likeness (QED) is 0.171. The summed E-state index contributed by atoms with van der Waals surface area (Å²) in [6, 6.07) is 7.36. The van der Waals surface area contributed by atoms with Crippen LogP contribution in [0.15, 0.2) is 54.9 Å². The predicted octanol–water partition coefficient (Wildman–Crippen LogP) is 5.33. The second-order valence-electron chi connectivity index (χ2n) is 15.1. The molecule has 3 aliphatic rings. The number of allylic oxidation sites excluding steroid dienone is 4. The first-order valence-corrected chi connectivity index (χ1v) is 18.8. The molecular weight excluding hydrogens is 702 g/mol. The van der Waals surface area contributed by atoms with Crippen LogP contribution in [0.25, 0.3) is 5.57 Å². The largest absolute Gasteiger partial charge is 0.465 e. The van der Waals surface area contributed by atoms with Gasteiger partial charge in [-0.25, -0.2) is 19.6 Å². The molecule has 5 unspecified atom stereocenters. The summed E-state index contributed by atoms with van der Waals surface area (Å²) in [5.41, 5.74) is 2.98. The van der Waals surface area contributed by atoms with Crippen LogP contribution in [0.5, 0.6) is 0 Å². The molecular formula is C40H49N9O6. The van der Waals surface area contributed by atoms with Crippen molar-refractivity contribution in [3.63, 3.8) is 0 Å². The Morgan fingerprint density at radius 3 is 1.93 bits per heavy atom. The molecule has 4 amide bonds. The van der Waals surface area contributed by atoms with Crippen molar-refractivity contribution in [2.45, 2.75) is 89.4 Å². The zero-order valence-electron chi connectivity index (χ0n) is 31.8. The van der Waals surface area contributed by atoms with Gasteiger partial charge in [-0.2, -0.15) is 5.26 Å². The zero-order chi connectivity index (χ0) is 39.4. The number of likely N-dealkylation sites (tertiary alicyclic amines) is 2. The van der Waals surface area contributed by atoms with Gasteiger partial charge >= 0.3 is 12.2 Å². The van der Waals surface area contributed by atoms with Crippen LogP contribution in [0.4, 0.5) is 9.59 Å². The predicted molar refractivity (Wildman–Crippen MR) is 202 cm³/mol. The number of hydrogen-bond acceptors (Lipinski definition) is 8. The molecule has 5 atom stereocenters. The molecule has 4 heterocycles. The van der Waals surface area contributed by atoms with E-state index in [-0.39, 0.29) is 35.7 Å². The normalized spacial score (nSPS) is 22.0. The van der Waals surface area contributed by atoms with Gasteiger partial charge in [0.05, 0.1) is 47.6 Å². The summed E-state index contributed by atoms with van der Waals surface area (Å²) in [6.45, 7) is 8.37. The third kappa shape index (κ3) is 7.71. The van der Waals surface area contributed by atoms with Crippen molar-refractivity contribution < 1.29 is 29.0 Å². The van der Waals surface area contributed by atoms with E-state index in [0.717, 1.165) is 35.4 Å². The molecule has 0 radical (unpaired) electrons. The Kier molecular flexibility index (Phi) is 11.4. The minimum atomic E-state index is -1.25. The molecule has 5 N–H and O–H groups in total. The minimum absolute atomic E-state index is 0.173. The van der Waals surface area contributed by atoms with Gasteiger partial charge in [0.15, 0.2) is 0 Å². The summed E-state index contributed by atoms with van der Waals surface area (Å²) in [5, 5.41) is 24.4. The number of H-pyrrole nitrogens is 2. The number of nitrogens with one attached hydrogen (secondary N) is 4. The molecule has 2 aliphatic heterocycles. The van der Waals surface area contributed by atoms with Gasteiger partial charge in [-0.05, 0) is 61.1 Å². The lowest BCUT2D eigenvalue weighted by Gasteiger charge is -2.32. The maximum Gasteiger partial charge on any atom is 0.407 e. The van der Waals surface area contributed by atoms with Gasteiger partial charge in [-0.1, -0.05) is 64.1 Å². The fourth-order valence-electron chi connectivity index (χ4n) is 8.01. The van der Waals surface area contributed by atoms with E-state index in [2.05, 4.69) is 38.8 Å². The number of nitrogens with zero attached hydrogens (tertiary/aromatic N) is 5. The first-order valence-electron chi connectivity index (χ1n) is 18.8. The van der Waals surface area contributed by atoms with Crippen molar-refractivity contribution in [3.8, 4) is 6.07 Å². The lowest BCUT2D eigenvalue weighted by molar-refractivity contribution is -0.136. The molecule has 1 aromatic carbocycles. The Balaban J connectivity index is 1.35. The second kappa shape index (κ2) is 16.2. The number of methoxy groups -OCH3 is 1. The van der Waals surface area contributed by atoms with E-state index in [0.29, 0.717) is 49.6 Å². The lowest BCUT2D eigenvalue weighted by Crippen LogP contribution is -2.51. The van der Waals surface area contributed by atoms with Crippen molar-refractivity contribution in [2.75, 3.05) is 20.2 Å². The molecule has 2 fully saturated rings. The van der Waals surface area contributed by atoms with Crippen LogP contribution in [0, 0.1) is 23.2 Å². The fraction of sp³-hybridized carbons (Fsp3) is 0.475. The first kappa shape index (κ1) is 38.8. The number of rotatable bonds is 11. The Hall–Kier alpha value is -5.91. The summed E-state index contributed by atoms with van der Waals surface area (Å²) in [7, 11) is 1.27. The molecule has 2 saturated heterocycles. The standard InChI is InChI=1S/C40H49N9O6/c1-23(2)32(46-38(52)53)36(50)48-18-8-12-28(48)34-42-21-30(44-34)40(16-14-25(15-17-40)27-11-7-6-10-26(27)20-41)31-22-43-35(45-31)29-13-9-19-49(29)37(51)33(24(3)4)47-39(54)55-5/h6-7,10-11,14-16,21-24,28-29,32-33,46H,8-9,12-13,17-19H2,1-5H3,(H,42,44)(H,43,45)(H,47,54)(H,52,53). The van der Waals surface area contributed by atoms with E-state index in [1.54, 1.807) is 28.3 Å². The Morgan fingerprint density at radius 2 is 1.45 bits per heavy atom. The third-order valence-electron chi connectivity index (χ3n) is 11.0. The number of carbonyl (C=O) groups is 4. The number of carboxylic acid groups (broad SMARTS) is 1. The summed E-state index contributed by atoms with van der Waals surface area (Å²) in [4.78, 5) is 71.5. The highest BCUT2D eigenvalue weighted by molar-refractivity contribution is 5.87. The topological polar surface area (TPSA) is 209 Å². The van der Waals surface area contributed by atoms with E-state index in [1.807, 2.05) is 52.0 Å². The van der Waals surface area contributed by atoms with Gasteiger partial charge in [-0.3, -0.25) is 9.59 Å². The van der Waals surface area contributed by atoms with Crippen LogP contribution >= 0.6 is 0 Å². The van der Waals surface area contributed by atoms with Crippen molar-refractivity contribution in [1.29, 1.82) is 5.26 Å². The molecule has 290 valence electrons. The average Bonchev–Trinajstić information content (AvgIpc) is 4.02. The number of benzene rings is 1. The van der Waals surface area contributed by atoms with Gasteiger partial charge in [-0.15, -0.1) is 0 Å². The van der Waals surface area contributed by atoms with E-state index >= 15 is 0 Å². The van der Waals surface area contributed by atoms with Crippen molar-refractivity contribution in [2.24, 2.45) is 11.8 Å². The Morgan fingerprint density at radius 1 is 0.909 bits per heavy atom. The number of imidazole rings is 2. The Bertz CT molecular complexity index is 2030. The zero-order valence-corrected chi connectivity index (χ0v) is 31.8. The molecule has 1 aliphatic carbocycles. The summed E-state index contributed by atoms with van der Waals surface area (Å²) in [5.74, 6) is 0.306. The van der Waals surface area contributed by atoms with Crippen LogP contribution in [-0.2, 0) is 19.7 Å². The number of alkyl carbamates (subject to hydrolysis) is 1. The number of carbonyl (C=O) groups excluding carboxylic acids is 3. The molecule has 0 saturated carbocycles. The van der Waals surface area contributed by atoms with Gasteiger partial charge in [0.25, 0.3) is 0 Å². The van der Waals surface area contributed by atoms with Crippen LogP contribution in [0.3, 0.4) is 0 Å². The maximum absolute atomic E-state index is 13.9. The highest BCUT2D eigenvalue weighted by Crippen LogP contribution is 2.43. The highest BCUT2D eigenvalue weighted by Gasteiger charge is 2.42. The van der Waals surface area contributed by atoms with Gasteiger partial charge in [0.2, 0.25) is 11.8 Å². The number of aromatic nitrogens is 4. The van der Waals surface area contributed by atoms with Gasteiger partial charge < -0.3 is 40.2 Å². The number of aromatic amines is 2. The maximum atomic E-state index is 13.9. The van der Waals surface area contributed by atoms with E-state index in [1.165, 1.54) is 7.11 Å². The molecule has 6 rings (SSSR count). The van der Waals surface area contributed by atoms with E-state index in [9.17, 15) is 29.5 Å². The average molecular weight is 752 g/mol. The number of hydrogen-bond donors (Lipinski definition) is 5. The van der Waals surface area contributed by atoms with Crippen LogP contribution in [0.1, 0.15) is 106 Å². The summed E-state index contributed by atoms with van der Waals surface area (Å²) < 4.78 is 4.79. The monoisotopic (exact) mass is 751 g/mol. The highest BCUT2D eigenvalue weighted by atomic mass is 16.5. The minimum Gasteiger partial charge on any atom is -0.465 e. The molecule has 15 heteroatoms. The number of amides is 4. The smallest absolute Gasteiger partial charge is 0.407 e. The van der Waals surface area contributed by atoms with Gasteiger partial charge in [0, 0.05) is 25.5 Å².